The van der Waals surface area contributed by atoms with Gasteiger partial charge in [-0.15, -0.1) is 0 Å². The van der Waals surface area contributed by atoms with Gasteiger partial charge < -0.3 is 9.30 Å². The second-order valence-electron chi connectivity index (χ2n) is 4.12. The SMILES string of the molecule is Cn1cccc1C(=O)COc1c(F)c(F)c(F)c(F)c1F. The molecule has 0 N–H and O–H groups in total. The van der Waals surface area contributed by atoms with Crippen LogP contribution in [-0.4, -0.2) is 17.0 Å². The highest BCUT2D eigenvalue weighted by molar-refractivity contribution is 5.95. The molecule has 0 fully saturated rings. The van der Waals surface area contributed by atoms with Crippen molar-refractivity contribution in [2.45, 2.75) is 0 Å². The quantitative estimate of drug-likeness (QED) is 0.376. The maximum Gasteiger partial charge on any atom is 0.216 e. The molecule has 0 aliphatic carbocycles. The van der Waals surface area contributed by atoms with E-state index in [2.05, 4.69) is 4.74 Å². The maximum absolute atomic E-state index is 13.3. The lowest BCUT2D eigenvalue weighted by Crippen LogP contribution is -2.17. The molecule has 112 valence electrons. The van der Waals surface area contributed by atoms with Crippen LogP contribution in [-0.2, 0) is 7.05 Å². The predicted molar refractivity (Wildman–Crippen MR) is 61.5 cm³/mol. The Morgan fingerprint density at radius 2 is 1.57 bits per heavy atom. The van der Waals surface area contributed by atoms with Crippen LogP contribution in [0.4, 0.5) is 22.0 Å². The molecule has 21 heavy (non-hydrogen) atoms. The molecule has 2 rings (SSSR count). The van der Waals surface area contributed by atoms with Gasteiger partial charge in [-0.05, 0) is 12.1 Å². The summed E-state index contributed by atoms with van der Waals surface area (Å²) < 4.78 is 71.2. The number of aromatic nitrogens is 1. The summed E-state index contributed by atoms with van der Waals surface area (Å²) >= 11 is 0. The van der Waals surface area contributed by atoms with Crippen molar-refractivity contribution in [1.29, 1.82) is 0 Å². The summed E-state index contributed by atoms with van der Waals surface area (Å²) in [4.78, 5) is 11.7. The number of ether oxygens (including phenoxy) is 1. The van der Waals surface area contributed by atoms with E-state index >= 15 is 0 Å². The summed E-state index contributed by atoms with van der Waals surface area (Å²) in [6.45, 7) is -0.865. The zero-order valence-corrected chi connectivity index (χ0v) is 10.6. The minimum atomic E-state index is -2.29. The van der Waals surface area contributed by atoms with Gasteiger partial charge in [-0.2, -0.15) is 8.78 Å². The molecule has 0 spiro atoms. The number of benzene rings is 1. The van der Waals surface area contributed by atoms with E-state index in [4.69, 9.17) is 0 Å². The van der Waals surface area contributed by atoms with E-state index in [0.29, 0.717) is 0 Å². The molecule has 0 aliphatic heterocycles. The number of aryl methyl sites for hydroxylation is 1. The number of Topliss-reactive ketones (excluding diaryl/α,β-unsaturated/α-hetero) is 1. The molecular formula is C13H8F5NO2. The lowest BCUT2D eigenvalue weighted by Gasteiger charge is -2.10. The Bertz CT molecular complexity index is 682. The van der Waals surface area contributed by atoms with Crippen molar-refractivity contribution in [3.63, 3.8) is 0 Å². The van der Waals surface area contributed by atoms with E-state index in [1.54, 1.807) is 19.3 Å². The van der Waals surface area contributed by atoms with Crippen LogP contribution in [0.15, 0.2) is 18.3 Å². The number of rotatable bonds is 4. The summed E-state index contributed by atoms with van der Waals surface area (Å²) in [6.07, 6.45) is 1.55. The van der Waals surface area contributed by atoms with E-state index in [1.807, 2.05) is 0 Å². The first-order valence-corrected chi connectivity index (χ1v) is 5.63. The molecule has 0 atom stereocenters. The molecule has 0 unspecified atom stereocenters. The normalized spacial score (nSPS) is 10.8. The smallest absolute Gasteiger partial charge is 0.216 e. The molecule has 0 bridgehead atoms. The van der Waals surface area contributed by atoms with Gasteiger partial charge >= 0.3 is 0 Å². The Kier molecular flexibility index (Phi) is 3.97. The van der Waals surface area contributed by atoms with Gasteiger partial charge in [0.15, 0.2) is 12.4 Å². The number of nitrogens with zero attached hydrogens (tertiary/aromatic N) is 1. The molecule has 1 aromatic heterocycles. The number of carbonyl (C=O) groups is 1. The van der Waals surface area contributed by atoms with Crippen LogP contribution in [0.2, 0.25) is 0 Å². The zero-order valence-electron chi connectivity index (χ0n) is 10.6. The first kappa shape index (κ1) is 15.0. The minimum absolute atomic E-state index is 0.166. The first-order valence-electron chi connectivity index (χ1n) is 5.63. The highest BCUT2D eigenvalue weighted by atomic mass is 19.2. The predicted octanol–water partition coefficient (Wildman–Crippen LogP) is 2.98. The number of hydrogen-bond donors (Lipinski definition) is 0. The van der Waals surface area contributed by atoms with Gasteiger partial charge in [0.2, 0.25) is 34.9 Å². The first-order chi connectivity index (χ1) is 9.84. The molecule has 1 aromatic carbocycles. The van der Waals surface area contributed by atoms with Crippen molar-refractivity contribution in [3.8, 4) is 5.75 Å². The fourth-order valence-corrected chi connectivity index (χ4v) is 1.67. The van der Waals surface area contributed by atoms with Crippen LogP contribution in [0.5, 0.6) is 5.75 Å². The van der Waals surface area contributed by atoms with E-state index in [1.165, 1.54) is 10.6 Å². The van der Waals surface area contributed by atoms with Crippen LogP contribution < -0.4 is 4.74 Å². The number of halogens is 5. The summed E-state index contributed by atoms with van der Waals surface area (Å²) in [7, 11) is 1.55. The number of hydrogen-bond acceptors (Lipinski definition) is 2. The third-order valence-electron chi connectivity index (χ3n) is 2.75. The van der Waals surface area contributed by atoms with Crippen molar-refractivity contribution < 1.29 is 31.5 Å². The minimum Gasteiger partial charge on any atom is -0.479 e. The third kappa shape index (κ3) is 2.61. The van der Waals surface area contributed by atoms with Crippen LogP contribution >= 0.6 is 0 Å². The van der Waals surface area contributed by atoms with Crippen molar-refractivity contribution >= 4 is 5.78 Å². The molecule has 0 aliphatic rings. The monoisotopic (exact) mass is 305 g/mol. The number of carbonyl (C=O) groups excluding carboxylic acids is 1. The average molecular weight is 305 g/mol. The molecule has 0 saturated carbocycles. The van der Waals surface area contributed by atoms with E-state index in [-0.39, 0.29) is 5.69 Å². The Labute approximate surface area is 115 Å². The second-order valence-corrected chi connectivity index (χ2v) is 4.12. The van der Waals surface area contributed by atoms with E-state index < -0.39 is 47.2 Å². The maximum atomic E-state index is 13.3. The van der Waals surface area contributed by atoms with Crippen molar-refractivity contribution in [3.05, 3.63) is 53.1 Å². The van der Waals surface area contributed by atoms with Gasteiger partial charge in [0.1, 0.15) is 0 Å². The molecule has 0 radical (unpaired) electrons. The highest BCUT2D eigenvalue weighted by Crippen LogP contribution is 2.29. The highest BCUT2D eigenvalue weighted by Gasteiger charge is 2.27. The summed E-state index contributed by atoms with van der Waals surface area (Å²) in [6, 6.07) is 2.97. The van der Waals surface area contributed by atoms with Gasteiger partial charge in [0.25, 0.3) is 0 Å². The summed E-state index contributed by atoms with van der Waals surface area (Å²) in [5, 5.41) is 0. The molecule has 2 aromatic rings. The van der Waals surface area contributed by atoms with Crippen molar-refractivity contribution in [2.75, 3.05) is 6.61 Å². The topological polar surface area (TPSA) is 31.2 Å². The van der Waals surface area contributed by atoms with Gasteiger partial charge in [0.05, 0.1) is 5.69 Å². The Morgan fingerprint density at radius 3 is 2.05 bits per heavy atom. The molecule has 3 nitrogen and oxygen atoms in total. The molecular weight excluding hydrogens is 297 g/mol. The lowest BCUT2D eigenvalue weighted by atomic mass is 10.2. The van der Waals surface area contributed by atoms with E-state index in [0.717, 1.165) is 0 Å². The Hall–Kier alpha value is -2.38. The van der Waals surface area contributed by atoms with Gasteiger partial charge in [0, 0.05) is 13.2 Å². The van der Waals surface area contributed by atoms with Crippen molar-refractivity contribution in [2.24, 2.45) is 7.05 Å². The molecule has 8 heteroatoms. The van der Waals surface area contributed by atoms with Crippen LogP contribution in [0, 0.1) is 29.1 Å². The lowest BCUT2D eigenvalue weighted by molar-refractivity contribution is 0.0905. The average Bonchev–Trinajstić information content (AvgIpc) is 2.89. The van der Waals surface area contributed by atoms with Gasteiger partial charge in [-0.25, -0.2) is 13.2 Å². The second kappa shape index (κ2) is 5.55. The van der Waals surface area contributed by atoms with E-state index in [9.17, 15) is 26.7 Å². The Morgan fingerprint density at radius 1 is 1.05 bits per heavy atom. The standard InChI is InChI=1S/C13H8F5NO2/c1-19-4-2-3-6(19)7(20)5-21-13-11(17)9(15)8(14)10(16)12(13)18/h2-4H,5H2,1H3. The largest absolute Gasteiger partial charge is 0.479 e. The molecule has 0 saturated heterocycles. The third-order valence-corrected chi connectivity index (χ3v) is 2.75. The van der Waals surface area contributed by atoms with Gasteiger partial charge in [-0.1, -0.05) is 0 Å². The number of ketones is 1. The zero-order chi connectivity index (χ0) is 15.7. The molecule has 1 heterocycles. The van der Waals surface area contributed by atoms with Crippen molar-refractivity contribution in [1.82, 2.24) is 4.57 Å². The summed E-state index contributed by atoms with van der Waals surface area (Å²) in [5.41, 5.74) is 0.166. The molecule has 0 amide bonds. The summed E-state index contributed by atoms with van der Waals surface area (Å²) in [5.74, 6) is -12.9. The van der Waals surface area contributed by atoms with Crippen LogP contribution in [0.25, 0.3) is 0 Å². The van der Waals surface area contributed by atoms with Crippen LogP contribution in [0.3, 0.4) is 0 Å². The Balaban J connectivity index is 2.25. The fourth-order valence-electron chi connectivity index (χ4n) is 1.67. The fraction of sp³-hybridized carbons (Fsp3) is 0.154. The van der Waals surface area contributed by atoms with Gasteiger partial charge in [-0.3, -0.25) is 4.79 Å². The van der Waals surface area contributed by atoms with Crippen LogP contribution in [0.1, 0.15) is 10.5 Å².